The average molecular weight is 269 g/mol. The Morgan fingerprint density at radius 1 is 1.22 bits per heavy atom. The molecule has 18 heavy (non-hydrogen) atoms. The Labute approximate surface area is 112 Å². The predicted molar refractivity (Wildman–Crippen MR) is 70.1 cm³/mol. The molecular weight excluding hydrogens is 252 g/mol. The molecule has 1 atom stereocenters. The van der Waals surface area contributed by atoms with Gasteiger partial charge < -0.3 is 9.64 Å². The zero-order valence-electron chi connectivity index (χ0n) is 10.3. The van der Waals surface area contributed by atoms with E-state index >= 15 is 0 Å². The largest absolute Gasteiger partial charge is 0.380 e. The van der Waals surface area contributed by atoms with E-state index in [-0.39, 0.29) is 0 Å². The molecule has 0 radical (unpaired) electrons. The quantitative estimate of drug-likeness (QED) is 0.712. The summed E-state index contributed by atoms with van der Waals surface area (Å²) in [6.07, 6.45) is 2.62. The molecule has 0 unspecified atom stereocenters. The van der Waals surface area contributed by atoms with Crippen molar-refractivity contribution in [1.29, 1.82) is 0 Å². The fraction of sp³-hybridized carbons (Fsp3) is 0.667. The molecule has 0 amide bonds. The number of rotatable bonds is 1. The molecule has 1 aromatic heterocycles. The number of nitrogens with zero attached hydrogens (tertiary/aromatic N) is 4. The van der Waals surface area contributed by atoms with Crippen molar-refractivity contribution in [3.63, 3.8) is 0 Å². The van der Waals surface area contributed by atoms with Gasteiger partial charge in [-0.15, -0.1) is 0 Å². The van der Waals surface area contributed by atoms with Gasteiger partial charge in [0.25, 0.3) is 0 Å². The summed E-state index contributed by atoms with van der Waals surface area (Å²) >= 11 is 5.92. The first-order chi connectivity index (χ1) is 8.83. The lowest BCUT2D eigenvalue weighted by Gasteiger charge is -2.40. The molecule has 2 aliphatic heterocycles. The molecular formula is C12H17ClN4O. The summed E-state index contributed by atoms with van der Waals surface area (Å²) < 4.78 is 5.54. The number of aromatic nitrogens is 2. The summed E-state index contributed by atoms with van der Waals surface area (Å²) in [4.78, 5) is 13.0. The second-order valence-corrected chi connectivity index (χ2v) is 5.12. The number of hydrogen-bond acceptors (Lipinski definition) is 5. The van der Waals surface area contributed by atoms with Gasteiger partial charge in [-0.3, -0.25) is 4.90 Å². The smallest absolute Gasteiger partial charge is 0.134 e. The summed E-state index contributed by atoms with van der Waals surface area (Å²) in [5.41, 5.74) is 0. The van der Waals surface area contributed by atoms with Gasteiger partial charge in [-0.1, -0.05) is 11.6 Å². The molecule has 0 aliphatic carbocycles. The number of fused-ring (bicyclic) bond motifs is 1. The lowest BCUT2D eigenvalue weighted by atomic mass is 10.1. The Balaban J connectivity index is 1.72. The summed E-state index contributed by atoms with van der Waals surface area (Å²) in [7, 11) is 0. The van der Waals surface area contributed by atoms with Crippen molar-refractivity contribution in [1.82, 2.24) is 14.9 Å². The van der Waals surface area contributed by atoms with Crippen LogP contribution in [0.3, 0.4) is 0 Å². The Kier molecular flexibility index (Phi) is 3.63. The molecule has 0 bridgehead atoms. The van der Waals surface area contributed by atoms with E-state index in [1.807, 2.05) is 6.07 Å². The van der Waals surface area contributed by atoms with Crippen LogP contribution in [0.2, 0.25) is 5.15 Å². The van der Waals surface area contributed by atoms with Crippen LogP contribution >= 0.6 is 11.6 Å². The second kappa shape index (κ2) is 5.38. The van der Waals surface area contributed by atoms with Crippen molar-refractivity contribution in [2.24, 2.45) is 0 Å². The zero-order chi connectivity index (χ0) is 12.4. The number of anilines is 1. The molecule has 0 aromatic carbocycles. The highest BCUT2D eigenvalue weighted by Gasteiger charge is 2.28. The van der Waals surface area contributed by atoms with E-state index in [0.717, 1.165) is 51.6 Å². The van der Waals surface area contributed by atoms with Gasteiger partial charge in [-0.25, -0.2) is 9.97 Å². The zero-order valence-corrected chi connectivity index (χ0v) is 11.0. The first kappa shape index (κ1) is 12.1. The van der Waals surface area contributed by atoms with E-state index in [0.29, 0.717) is 11.2 Å². The number of hydrogen-bond donors (Lipinski definition) is 0. The van der Waals surface area contributed by atoms with Crippen molar-refractivity contribution in [2.45, 2.75) is 12.5 Å². The van der Waals surface area contributed by atoms with Crippen LogP contribution < -0.4 is 4.90 Å². The summed E-state index contributed by atoms with van der Waals surface area (Å²) in [6, 6.07) is 2.40. The average Bonchev–Trinajstić information content (AvgIpc) is 2.63. The van der Waals surface area contributed by atoms with E-state index in [9.17, 15) is 0 Å². The van der Waals surface area contributed by atoms with Crippen molar-refractivity contribution < 1.29 is 4.74 Å². The second-order valence-electron chi connectivity index (χ2n) is 4.74. The van der Waals surface area contributed by atoms with Crippen LogP contribution in [-0.4, -0.2) is 60.3 Å². The lowest BCUT2D eigenvalue weighted by molar-refractivity contribution is 0.139. The highest BCUT2D eigenvalue weighted by molar-refractivity contribution is 6.29. The Morgan fingerprint density at radius 3 is 3.06 bits per heavy atom. The molecule has 98 valence electrons. The molecule has 0 N–H and O–H groups in total. The SMILES string of the molecule is Clc1cc(N2CCN3CCOCC[C@H]3C2)ncn1. The van der Waals surface area contributed by atoms with Crippen molar-refractivity contribution in [3.05, 3.63) is 17.5 Å². The highest BCUT2D eigenvalue weighted by Crippen LogP contribution is 2.21. The lowest BCUT2D eigenvalue weighted by Crippen LogP contribution is -2.53. The molecule has 6 heteroatoms. The standard InChI is InChI=1S/C12H17ClN4O/c13-11-7-12(15-9-14-11)17-3-2-16-4-6-18-5-1-10(16)8-17/h7,9-10H,1-6,8H2/t10-/m0/s1. The van der Waals surface area contributed by atoms with Crippen LogP contribution in [0, 0.1) is 0 Å². The molecule has 2 aliphatic rings. The fourth-order valence-electron chi connectivity index (χ4n) is 2.67. The topological polar surface area (TPSA) is 41.5 Å². The maximum absolute atomic E-state index is 5.92. The third kappa shape index (κ3) is 2.58. The van der Waals surface area contributed by atoms with Crippen LogP contribution in [0.4, 0.5) is 5.82 Å². The Bertz CT molecular complexity index is 417. The van der Waals surface area contributed by atoms with Crippen LogP contribution in [-0.2, 0) is 4.74 Å². The minimum atomic E-state index is 0.506. The monoisotopic (exact) mass is 268 g/mol. The summed E-state index contributed by atoms with van der Waals surface area (Å²) in [5.74, 6) is 0.930. The molecule has 1 aromatic rings. The molecule has 0 spiro atoms. The number of ether oxygens (including phenoxy) is 1. The van der Waals surface area contributed by atoms with E-state index in [2.05, 4.69) is 19.8 Å². The maximum atomic E-state index is 5.92. The van der Waals surface area contributed by atoms with Gasteiger partial charge in [0.15, 0.2) is 0 Å². The molecule has 2 fully saturated rings. The van der Waals surface area contributed by atoms with Gasteiger partial charge in [-0.2, -0.15) is 0 Å². The molecule has 3 rings (SSSR count). The van der Waals surface area contributed by atoms with Crippen molar-refractivity contribution in [2.75, 3.05) is 44.3 Å². The molecule has 5 nitrogen and oxygen atoms in total. The fourth-order valence-corrected chi connectivity index (χ4v) is 2.81. The predicted octanol–water partition coefficient (Wildman–Crippen LogP) is 1.04. The Morgan fingerprint density at radius 2 is 2.17 bits per heavy atom. The van der Waals surface area contributed by atoms with Crippen molar-refractivity contribution in [3.8, 4) is 0 Å². The van der Waals surface area contributed by atoms with Gasteiger partial charge >= 0.3 is 0 Å². The molecule has 0 saturated carbocycles. The minimum absolute atomic E-state index is 0.506. The van der Waals surface area contributed by atoms with E-state index in [1.165, 1.54) is 6.33 Å². The van der Waals surface area contributed by atoms with E-state index in [1.54, 1.807) is 0 Å². The highest BCUT2D eigenvalue weighted by atomic mass is 35.5. The first-order valence-corrected chi connectivity index (χ1v) is 6.75. The molecule has 3 heterocycles. The van der Waals surface area contributed by atoms with Crippen LogP contribution in [0.25, 0.3) is 0 Å². The van der Waals surface area contributed by atoms with Crippen LogP contribution in [0.5, 0.6) is 0 Å². The van der Waals surface area contributed by atoms with Crippen molar-refractivity contribution >= 4 is 17.4 Å². The van der Waals surface area contributed by atoms with Gasteiger partial charge in [0, 0.05) is 44.9 Å². The van der Waals surface area contributed by atoms with Gasteiger partial charge in [0.05, 0.1) is 6.61 Å². The number of halogens is 1. The van der Waals surface area contributed by atoms with Gasteiger partial charge in [0.1, 0.15) is 17.3 Å². The summed E-state index contributed by atoms with van der Waals surface area (Å²) in [6.45, 7) is 5.81. The normalized spacial score (nSPS) is 25.6. The third-order valence-electron chi connectivity index (χ3n) is 3.67. The Hall–Kier alpha value is -0.910. The van der Waals surface area contributed by atoms with Crippen LogP contribution in [0.1, 0.15) is 6.42 Å². The number of piperazine rings is 1. The van der Waals surface area contributed by atoms with E-state index < -0.39 is 0 Å². The van der Waals surface area contributed by atoms with Gasteiger partial charge in [0.2, 0.25) is 0 Å². The summed E-state index contributed by atoms with van der Waals surface area (Å²) in [5, 5.41) is 0.506. The first-order valence-electron chi connectivity index (χ1n) is 6.37. The van der Waals surface area contributed by atoms with Gasteiger partial charge in [-0.05, 0) is 6.42 Å². The third-order valence-corrected chi connectivity index (χ3v) is 3.87. The van der Waals surface area contributed by atoms with Crippen LogP contribution in [0.15, 0.2) is 12.4 Å². The van der Waals surface area contributed by atoms with E-state index in [4.69, 9.17) is 16.3 Å². The minimum Gasteiger partial charge on any atom is -0.380 e. The molecule has 2 saturated heterocycles. The maximum Gasteiger partial charge on any atom is 0.134 e.